The van der Waals surface area contributed by atoms with Crippen LogP contribution in [0, 0.1) is 0 Å². The quantitative estimate of drug-likeness (QED) is 0.807. The van der Waals surface area contributed by atoms with Gasteiger partial charge < -0.3 is 10.6 Å². The van der Waals surface area contributed by atoms with Gasteiger partial charge in [-0.25, -0.2) is 4.98 Å². The lowest BCUT2D eigenvalue weighted by Gasteiger charge is -2.39. The number of pyridine rings is 1. The van der Waals surface area contributed by atoms with Gasteiger partial charge in [-0.05, 0) is 45.2 Å². The number of hydrogen-bond donors (Lipinski definition) is 1. The van der Waals surface area contributed by atoms with Gasteiger partial charge in [0, 0.05) is 18.3 Å². The van der Waals surface area contributed by atoms with Crippen LogP contribution in [0.4, 0.5) is 5.82 Å². The van der Waals surface area contributed by atoms with Gasteiger partial charge in [0.05, 0.1) is 5.56 Å². The Morgan fingerprint density at radius 2 is 2.06 bits per heavy atom. The van der Waals surface area contributed by atoms with Crippen molar-refractivity contribution in [2.75, 3.05) is 5.73 Å². The summed E-state index contributed by atoms with van der Waals surface area (Å²) in [6.07, 6.45) is 4.93. The summed E-state index contributed by atoms with van der Waals surface area (Å²) in [5, 5.41) is 0. The number of nitrogens with zero attached hydrogens (tertiary/aromatic N) is 2. The number of nitrogen functional groups attached to an aromatic ring is 1. The third-order valence-electron chi connectivity index (χ3n) is 3.50. The molecule has 0 bridgehead atoms. The van der Waals surface area contributed by atoms with Crippen molar-refractivity contribution in [3.05, 3.63) is 23.9 Å². The number of carbonyl (C=O) groups is 1. The Kier molecular flexibility index (Phi) is 3.31. The molecule has 1 aromatic heterocycles. The molecule has 92 valence electrons. The van der Waals surface area contributed by atoms with Crippen LogP contribution < -0.4 is 5.73 Å². The maximum atomic E-state index is 12.4. The largest absolute Gasteiger partial charge is 0.383 e. The molecule has 0 spiro atoms. The molecule has 0 aliphatic carbocycles. The number of piperidine rings is 1. The molecule has 2 atom stereocenters. The molecule has 2 unspecified atom stereocenters. The van der Waals surface area contributed by atoms with Crippen LogP contribution >= 0.6 is 0 Å². The molecule has 1 saturated heterocycles. The van der Waals surface area contributed by atoms with Crippen LogP contribution in [0.15, 0.2) is 18.3 Å². The number of rotatable bonds is 1. The van der Waals surface area contributed by atoms with Crippen LogP contribution in [0.3, 0.4) is 0 Å². The van der Waals surface area contributed by atoms with Crippen LogP contribution in [0.1, 0.15) is 43.5 Å². The Morgan fingerprint density at radius 3 is 2.65 bits per heavy atom. The first-order chi connectivity index (χ1) is 8.11. The maximum Gasteiger partial charge on any atom is 0.258 e. The highest BCUT2D eigenvalue weighted by molar-refractivity contribution is 5.98. The Morgan fingerprint density at radius 1 is 1.41 bits per heavy atom. The van der Waals surface area contributed by atoms with Gasteiger partial charge in [0.2, 0.25) is 0 Å². The van der Waals surface area contributed by atoms with E-state index in [1.165, 1.54) is 6.42 Å². The summed E-state index contributed by atoms with van der Waals surface area (Å²) in [6.45, 7) is 4.19. The van der Waals surface area contributed by atoms with E-state index in [0.717, 1.165) is 12.8 Å². The number of aromatic nitrogens is 1. The van der Waals surface area contributed by atoms with E-state index in [-0.39, 0.29) is 18.0 Å². The Balaban J connectivity index is 2.27. The molecule has 1 amide bonds. The summed E-state index contributed by atoms with van der Waals surface area (Å²) in [7, 11) is 0. The third-order valence-corrected chi connectivity index (χ3v) is 3.50. The third kappa shape index (κ3) is 2.25. The first-order valence-corrected chi connectivity index (χ1v) is 6.14. The molecule has 1 aromatic rings. The fourth-order valence-corrected chi connectivity index (χ4v) is 2.56. The van der Waals surface area contributed by atoms with E-state index in [0.29, 0.717) is 11.4 Å². The van der Waals surface area contributed by atoms with Crippen LogP contribution in [0.25, 0.3) is 0 Å². The molecule has 0 aromatic carbocycles. The van der Waals surface area contributed by atoms with Crippen molar-refractivity contribution in [1.82, 2.24) is 9.88 Å². The average Bonchev–Trinajstić information content (AvgIpc) is 2.29. The normalized spacial score (nSPS) is 24.7. The Labute approximate surface area is 102 Å². The number of nitrogens with two attached hydrogens (primary N) is 1. The first-order valence-electron chi connectivity index (χ1n) is 6.14. The highest BCUT2D eigenvalue weighted by atomic mass is 16.2. The monoisotopic (exact) mass is 233 g/mol. The zero-order chi connectivity index (χ0) is 12.4. The van der Waals surface area contributed by atoms with Crippen molar-refractivity contribution in [2.24, 2.45) is 0 Å². The number of likely N-dealkylation sites (tertiary alicyclic amines) is 1. The molecule has 4 heteroatoms. The molecule has 1 fully saturated rings. The molecule has 1 aliphatic rings. The van der Waals surface area contributed by atoms with Crippen molar-refractivity contribution in [2.45, 2.75) is 45.2 Å². The second-order valence-corrected chi connectivity index (χ2v) is 4.78. The minimum atomic E-state index is 0.00954. The number of carbonyl (C=O) groups excluding carboxylic acids is 1. The number of hydrogen-bond acceptors (Lipinski definition) is 3. The number of amides is 1. The van der Waals surface area contributed by atoms with Crippen LogP contribution in [-0.2, 0) is 0 Å². The SMILES string of the molecule is CC1CCCC(C)N1C(=O)c1cccnc1N. The molecule has 4 nitrogen and oxygen atoms in total. The molecule has 2 N–H and O–H groups in total. The van der Waals surface area contributed by atoms with E-state index >= 15 is 0 Å². The summed E-state index contributed by atoms with van der Waals surface area (Å²) >= 11 is 0. The summed E-state index contributed by atoms with van der Waals surface area (Å²) < 4.78 is 0. The zero-order valence-corrected chi connectivity index (χ0v) is 10.4. The molecule has 1 aliphatic heterocycles. The molecule has 0 saturated carbocycles. The van der Waals surface area contributed by atoms with Gasteiger partial charge in [-0.15, -0.1) is 0 Å². The molecular formula is C13H19N3O. The summed E-state index contributed by atoms with van der Waals surface area (Å²) in [4.78, 5) is 18.4. The molecule has 2 rings (SSSR count). The van der Waals surface area contributed by atoms with Gasteiger partial charge in [-0.2, -0.15) is 0 Å². The van der Waals surface area contributed by atoms with Crippen LogP contribution in [0.2, 0.25) is 0 Å². The molecule has 17 heavy (non-hydrogen) atoms. The molecule has 0 radical (unpaired) electrons. The first kappa shape index (κ1) is 11.9. The summed E-state index contributed by atoms with van der Waals surface area (Å²) in [5.74, 6) is 0.331. The summed E-state index contributed by atoms with van der Waals surface area (Å²) in [5.41, 5.74) is 6.28. The van der Waals surface area contributed by atoms with Crippen molar-refractivity contribution in [3.63, 3.8) is 0 Å². The van der Waals surface area contributed by atoms with E-state index in [4.69, 9.17) is 5.73 Å². The van der Waals surface area contributed by atoms with Gasteiger partial charge in [0.25, 0.3) is 5.91 Å². The smallest absolute Gasteiger partial charge is 0.258 e. The lowest BCUT2D eigenvalue weighted by Crippen LogP contribution is -2.47. The minimum Gasteiger partial charge on any atom is -0.383 e. The molecule has 2 heterocycles. The highest BCUT2D eigenvalue weighted by Gasteiger charge is 2.30. The van der Waals surface area contributed by atoms with Crippen molar-refractivity contribution in [1.29, 1.82) is 0 Å². The Hall–Kier alpha value is -1.58. The predicted octanol–water partition coefficient (Wildman–Crippen LogP) is 2.07. The van der Waals surface area contributed by atoms with Gasteiger partial charge in [0.1, 0.15) is 5.82 Å². The van der Waals surface area contributed by atoms with Crippen molar-refractivity contribution >= 4 is 11.7 Å². The van der Waals surface area contributed by atoms with E-state index in [1.807, 2.05) is 4.90 Å². The van der Waals surface area contributed by atoms with E-state index in [1.54, 1.807) is 18.3 Å². The van der Waals surface area contributed by atoms with Gasteiger partial charge in [-0.1, -0.05) is 0 Å². The van der Waals surface area contributed by atoms with Crippen molar-refractivity contribution < 1.29 is 4.79 Å². The fourth-order valence-electron chi connectivity index (χ4n) is 2.56. The zero-order valence-electron chi connectivity index (χ0n) is 10.4. The maximum absolute atomic E-state index is 12.4. The lowest BCUT2D eigenvalue weighted by molar-refractivity contribution is 0.0511. The van der Waals surface area contributed by atoms with E-state index < -0.39 is 0 Å². The predicted molar refractivity (Wildman–Crippen MR) is 67.6 cm³/mol. The van der Waals surface area contributed by atoms with Crippen LogP contribution in [-0.4, -0.2) is 27.9 Å². The number of anilines is 1. The standard InChI is InChI=1S/C13H19N3O/c1-9-5-3-6-10(2)16(9)13(17)11-7-4-8-15-12(11)14/h4,7-10H,3,5-6H2,1-2H3,(H2,14,15). The fraction of sp³-hybridized carbons (Fsp3) is 0.538. The van der Waals surface area contributed by atoms with E-state index in [2.05, 4.69) is 18.8 Å². The van der Waals surface area contributed by atoms with Gasteiger partial charge >= 0.3 is 0 Å². The second-order valence-electron chi connectivity index (χ2n) is 4.78. The summed E-state index contributed by atoms with van der Waals surface area (Å²) in [6, 6.07) is 4.07. The van der Waals surface area contributed by atoms with E-state index in [9.17, 15) is 4.79 Å². The second kappa shape index (κ2) is 4.73. The highest BCUT2D eigenvalue weighted by Crippen LogP contribution is 2.25. The Bertz CT molecular complexity index is 409. The molecular weight excluding hydrogens is 214 g/mol. The minimum absolute atomic E-state index is 0.00954. The van der Waals surface area contributed by atoms with Crippen molar-refractivity contribution in [3.8, 4) is 0 Å². The topological polar surface area (TPSA) is 59.2 Å². The van der Waals surface area contributed by atoms with Gasteiger partial charge in [0.15, 0.2) is 0 Å². The van der Waals surface area contributed by atoms with Gasteiger partial charge in [-0.3, -0.25) is 4.79 Å². The average molecular weight is 233 g/mol. The van der Waals surface area contributed by atoms with Crippen LogP contribution in [0.5, 0.6) is 0 Å². The lowest BCUT2D eigenvalue weighted by atomic mass is 9.96.